The van der Waals surface area contributed by atoms with Gasteiger partial charge in [0.1, 0.15) is 5.76 Å². The van der Waals surface area contributed by atoms with Crippen LogP contribution in [-0.4, -0.2) is 36.2 Å². The fourth-order valence-electron chi connectivity index (χ4n) is 3.21. The minimum absolute atomic E-state index is 0. The zero-order chi connectivity index (χ0) is 14.3. The monoisotopic (exact) mass is 312 g/mol. The number of furan rings is 1. The van der Waals surface area contributed by atoms with Crippen LogP contribution in [0.5, 0.6) is 0 Å². The molecule has 0 aromatic carbocycles. The summed E-state index contributed by atoms with van der Waals surface area (Å²) in [5.74, 6) is 1.43. The molecule has 0 saturated carbocycles. The van der Waals surface area contributed by atoms with Gasteiger partial charge in [0.2, 0.25) is 0 Å². The molecule has 1 aromatic heterocycles. The molecule has 6 heteroatoms. The van der Waals surface area contributed by atoms with Crippen LogP contribution in [-0.2, 0) is 6.42 Å². The van der Waals surface area contributed by atoms with Gasteiger partial charge in [0.25, 0.3) is 5.91 Å². The van der Waals surface area contributed by atoms with Crippen LogP contribution in [0, 0.1) is 12.8 Å². The molecule has 0 radical (unpaired) electrons. The number of nitrogens with two attached hydrogens (primary N) is 1. The first-order valence-electron chi connectivity index (χ1n) is 7.26. The van der Waals surface area contributed by atoms with Gasteiger partial charge >= 0.3 is 0 Å². The van der Waals surface area contributed by atoms with Gasteiger partial charge < -0.3 is 15.1 Å². The third-order valence-electron chi connectivity index (χ3n) is 4.41. The standard InChI is InChI=1S/C15H20N2O3.ClH/c1-9-13-11(18)3-2-4-12(13)20-14(9)15(19)17-6-5-10(7-16)8-17;/h10H,2-8,16H2,1H3;1H. The summed E-state index contributed by atoms with van der Waals surface area (Å²) in [7, 11) is 0. The number of aryl methyl sites for hydroxylation is 1. The highest BCUT2D eigenvalue weighted by Gasteiger charge is 2.33. The van der Waals surface area contributed by atoms with Crippen LogP contribution >= 0.6 is 12.4 Å². The van der Waals surface area contributed by atoms with Crippen molar-refractivity contribution in [2.75, 3.05) is 19.6 Å². The number of carbonyl (C=O) groups excluding carboxylic acids is 2. The lowest BCUT2D eigenvalue weighted by Crippen LogP contribution is -2.30. The van der Waals surface area contributed by atoms with Gasteiger partial charge in [0.05, 0.1) is 5.56 Å². The van der Waals surface area contributed by atoms with Gasteiger partial charge in [-0.3, -0.25) is 9.59 Å². The molecular weight excluding hydrogens is 292 g/mol. The van der Waals surface area contributed by atoms with E-state index in [0.717, 1.165) is 25.8 Å². The molecule has 1 aromatic rings. The Hall–Kier alpha value is -1.33. The third-order valence-corrected chi connectivity index (χ3v) is 4.41. The number of nitrogens with zero attached hydrogens (tertiary/aromatic N) is 1. The third kappa shape index (κ3) is 2.72. The number of halogens is 1. The predicted octanol–water partition coefficient (Wildman–Crippen LogP) is 1.95. The average molecular weight is 313 g/mol. The molecule has 1 amide bonds. The molecule has 3 rings (SSSR count). The first-order chi connectivity index (χ1) is 9.61. The summed E-state index contributed by atoms with van der Waals surface area (Å²) in [6.45, 7) is 3.83. The van der Waals surface area contributed by atoms with Gasteiger partial charge in [0.15, 0.2) is 11.5 Å². The van der Waals surface area contributed by atoms with E-state index in [-0.39, 0.29) is 24.1 Å². The predicted molar refractivity (Wildman–Crippen MR) is 81.0 cm³/mol. The van der Waals surface area contributed by atoms with E-state index in [4.69, 9.17) is 10.2 Å². The SMILES string of the molecule is Cc1c(C(=O)N2CCC(CN)C2)oc2c1C(=O)CCC2.Cl. The number of rotatable bonds is 2. The van der Waals surface area contributed by atoms with Crippen molar-refractivity contribution in [3.8, 4) is 0 Å². The van der Waals surface area contributed by atoms with Crippen LogP contribution in [0.1, 0.15) is 51.5 Å². The number of Topliss-reactive ketones (excluding diaryl/α,β-unsaturated/α-hetero) is 1. The zero-order valence-corrected chi connectivity index (χ0v) is 13.0. The number of amides is 1. The van der Waals surface area contributed by atoms with E-state index in [0.29, 0.717) is 48.1 Å². The first kappa shape index (κ1) is 16.0. The quantitative estimate of drug-likeness (QED) is 0.905. The van der Waals surface area contributed by atoms with Crippen LogP contribution in [0.2, 0.25) is 0 Å². The molecule has 1 unspecified atom stereocenters. The molecule has 0 bridgehead atoms. The molecule has 21 heavy (non-hydrogen) atoms. The lowest BCUT2D eigenvalue weighted by atomic mass is 9.94. The van der Waals surface area contributed by atoms with Gasteiger partial charge in [-0.1, -0.05) is 0 Å². The maximum atomic E-state index is 12.5. The second kappa shape index (κ2) is 6.20. The number of hydrogen-bond donors (Lipinski definition) is 1. The van der Waals surface area contributed by atoms with Gasteiger partial charge in [-0.25, -0.2) is 0 Å². The van der Waals surface area contributed by atoms with Gasteiger partial charge in [-0.15, -0.1) is 12.4 Å². The van der Waals surface area contributed by atoms with Crippen molar-refractivity contribution in [1.29, 1.82) is 0 Å². The van der Waals surface area contributed by atoms with E-state index < -0.39 is 0 Å². The summed E-state index contributed by atoms with van der Waals surface area (Å²) in [5.41, 5.74) is 7.02. The lowest BCUT2D eigenvalue weighted by molar-refractivity contribution is 0.0752. The molecule has 0 spiro atoms. The molecular formula is C15H21ClN2O3. The Morgan fingerprint density at radius 2 is 2.19 bits per heavy atom. The van der Waals surface area contributed by atoms with Crippen molar-refractivity contribution < 1.29 is 14.0 Å². The Balaban J connectivity index is 0.00000161. The minimum Gasteiger partial charge on any atom is -0.455 e. The second-order valence-corrected chi connectivity index (χ2v) is 5.77. The molecule has 5 nitrogen and oxygen atoms in total. The van der Waals surface area contributed by atoms with E-state index in [1.54, 1.807) is 4.90 Å². The second-order valence-electron chi connectivity index (χ2n) is 5.77. The lowest BCUT2D eigenvalue weighted by Gasteiger charge is -2.15. The summed E-state index contributed by atoms with van der Waals surface area (Å²) in [5, 5.41) is 0. The number of likely N-dealkylation sites (tertiary alicyclic amines) is 1. The van der Waals surface area contributed by atoms with Gasteiger partial charge in [-0.05, 0) is 32.2 Å². The Morgan fingerprint density at radius 1 is 1.43 bits per heavy atom. The minimum atomic E-state index is -0.0966. The Kier molecular flexibility index (Phi) is 4.74. The molecule has 1 atom stereocenters. The summed E-state index contributed by atoms with van der Waals surface area (Å²) < 4.78 is 5.71. The normalized spacial score (nSPS) is 21.1. The topological polar surface area (TPSA) is 76.5 Å². The molecule has 1 saturated heterocycles. The highest BCUT2D eigenvalue weighted by molar-refractivity contribution is 6.03. The van der Waals surface area contributed by atoms with Crippen LogP contribution in [0.25, 0.3) is 0 Å². The number of hydrogen-bond acceptors (Lipinski definition) is 4. The van der Waals surface area contributed by atoms with Crippen LogP contribution in [0.15, 0.2) is 4.42 Å². The fraction of sp³-hybridized carbons (Fsp3) is 0.600. The van der Waals surface area contributed by atoms with Crippen molar-refractivity contribution in [1.82, 2.24) is 4.90 Å². The van der Waals surface area contributed by atoms with Crippen molar-refractivity contribution in [2.24, 2.45) is 11.7 Å². The maximum absolute atomic E-state index is 12.5. The number of ketones is 1. The maximum Gasteiger partial charge on any atom is 0.289 e. The summed E-state index contributed by atoms with van der Waals surface area (Å²) in [6.07, 6.45) is 3.06. The van der Waals surface area contributed by atoms with Gasteiger partial charge in [-0.2, -0.15) is 0 Å². The molecule has 1 fully saturated rings. The van der Waals surface area contributed by atoms with E-state index in [2.05, 4.69) is 0 Å². The van der Waals surface area contributed by atoms with Crippen LogP contribution in [0.3, 0.4) is 0 Å². The Bertz CT molecular complexity index is 568. The largest absolute Gasteiger partial charge is 0.455 e. The highest BCUT2D eigenvalue weighted by Crippen LogP contribution is 2.30. The van der Waals surface area contributed by atoms with Crippen LogP contribution in [0.4, 0.5) is 0 Å². The van der Waals surface area contributed by atoms with E-state index in [1.165, 1.54) is 0 Å². The molecule has 1 aliphatic carbocycles. The van der Waals surface area contributed by atoms with E-state index >= 15 is 0 Å². The smallest absolute Gasteiger partial charge is 0.289 e. The molecule has 2 aliphatic rings. The van der Waals surface area contributed by atoms with Gasteiger partial charge in [0, 0.05) is 31.5 Å². The molecule has 1 aliphatic heterocycles. The molecule has 2 heterocycles. The Morgan fingerprint density at radius 3 is 2.81 bits per heavy atom. The Labute approximate surface area is 130 Å². The fourth-order valence-corrected chi connectivity index (χ4v) is 3.21. The van der Waals surface area contributed by atoms with E-state index in [1.807, 2.05) is 6.92 Å². The summed E-state index contributed by atoms with van der Waals surface area (Å²) in [6, 6.07) is 0. The first-order valence-corrected chi connectivity index (χ1v) is 7.26. The van der Waals surface area contributed by atoms with E-state index in [9.17, 15) is 9.59 Å². The summed E-state index contributed by atoms with van der Waals surface area (Å²) >= 11 is 0. The van der Waals surface area contributed by atoms with Crippen molar-refractivity contribution >= 4 is 24.1 Å². The molecule has 116 valence electrons. The number of fused-ring (bicyclic) bond motifs is 1. The van der Waals surface area contributed by atoms with Crippen molar-refractivity contribution in [3.63, 3.8) is 0 Å². The molecule has 2 N–H and O–H groups in total. The van der Waals surface area contributed by atoms with Crippen molar-refractivity contribution in [2.45, 2.75) is 32.6 Å². The number of carbonyl (C=O) groups is 2. The summed E-state index contributed by atoms with van der Waals surface area (Å²) in [4.78, 5) is 26.3. The average Bonchev–Trinajstić information content (AvgIpc) is 3.04. The van der Waals surface area contributed by atoms with Crippen molar-refractivity contribution in [3.05, 3.63) is 22.6 Å². The van der Waals surface area contributed by atoms with Crippen LogP contribution < -0.4 is 5.73 Å². The zero-order valence-electron chi connectivity index (χ0n) is 12.2. The highest BCUT2D eigenvalue weighted by atomic mass is 35.5.